The summed E-state index contributed by atoms with van der Waals surface area (Å²) < 4.78 is 0. The highest BCUT2D eigenvalue weighted by molar-refractivity contribution is 5.02. The molecule has 0 heterocycles. The first-order valence-corrected chi connectivity index (χ1v) is 10.3. The van der Waals surface area contributed by atoms with Gasteiger partial charge in [0.1, 0.15) is 0 Å². The fourth-order valence-corrected chi connectivity index (χ4v) is 2.95. The lowest BCUT2D eigenvalue weighted by Crippen LogP contribution is -1.83. The molecule has 136 valence electrons. The molecule has 0 amide bonds. The first kappa shape index (κ1) is 22.4. The Kier molecular flexibility index (Phi) is 20.9. The average molecular weight is 323 g/mol. The highest BCUT2D eigenvalue weighted by Crippen LogP contribution is 2.13. The van der Waals surface area contributed by atoms with Gasteiger partial charge in [0.05, 0.1) is 6.61 Å². The zero-order valence-electron chi connectivity index (χ0n) is 15.8. The molecule has 0 aromatic rings. The van der Waals surface area contributed by atoms with Crippen molar-refractivity contribution in [1.82, 2.24) is 0 Å². The number of unbranched alkanes of at least 4 members (excludes halogenated alkanes) is 15. The monoisotopic (exact) mass is 322 g/mol. The first-order chi connectivity index (χ1) is 11.4. The molecule has 0 rings (SSSR count). The summed E-state index contributed by atoms with van der Waals surface area (Å²) >= 11 is 0. The minimum Gasteiger partial charge on any atom is -0.392 e. The molecule has 0 aromatic carbocycles. The summed E-state index contributed by atoms with van der Waals surface area (Å²) in [5, 5.41) is 8.59. The van der Waals surface area contributed by atoms with Crippen LogP contribution in [0.1, 0.15) is 110 Å². The predicted molar refractivity (Wildman–Crippen MR) is 105 cm³/mol. The van der Waals surface area contributed by atoms with Crippen LogP contribution >= 0.6 is 0 Å². The van der Waals surface area contributed by atoms with Crippen molar-refractivity contribution in [1.29, 1.82) is 0 Å². The lowest BCUT2D eigenvalue weighted by molar-refractivity contribution is 0.343. The fraction of sp³-hybridized carbons (Fsp3) is 0.818. The second kappa shape index (κ2) is 21.4. The van der Waals surface area contributed by atoms with Gasteiger partial charge in [0.25, 0.3) is 0 Å². The van der Waals surface area contributed by atoms with E-state index in [0.29, 0.717) is 0 Å². The van der Waals surface area contributed by atoms with E-state index in [0.717, 1.165) is 0 Å². The molecule has 23 heavy (non-hydrogen) atoms. The summed E-state index contributed by atoms with van der Waals surface area (Å²) in [6.45, 7) is 2.43. The standard InChI is InChI=1S/C22H42O/c1-2-3-4-5-6-7-8-9-10-11-12-13-14-15-16-17-18-19-20-21-22-23/h18-21,23H,2-17,22H2,1H3. The van der Waals surface area contributed by atoms with Crippen molar-refractivity contribution in [2.24, 2.45) is 0 Å². The molecule has 0 atom stereocenters. The van der Waals surface area contributed by atoms with Crippen LogP contribution < -0.4 is 0 Å². The second-order valence-electron chi connectivity index (χ2n) is 6.78. The number of aliphatic hydroxyl groups is 1. The number of allylic oxidation sites excluding steroid dienone is 3. The van der Waals surface area contributed by atoms with Crippen LogP contribution in [-0.4, -0.2) is 11.7 Å². The Labute approximate surface area is 146 Å². The summed E-state index contributed by atoms with van der Waals surface area (Å²) in [6, 6.07) is 0. The molecule has 1 heteroatoms. The Morgan fingerprint density at radius 3 is 1.35 bits per heavy atom. The molecule has 1 nitrogen and oxygen atoms in total. The van der Waals surface area contributed by atoms with Crippen LogP contribution in [0.3, 0.4) is 0 Å². The summed E-state index contributed by atoms with van der Waals surface area (Å²) in [5.74, 6) is 0. The molecule has 0 fully saturated rings. The Morgan fingerprint density at radius 2 is 0.913 bits per heavy atom. The number of aliphatic hydroxyl groups excluding tert-OH is 1. The van der Waals surface area contributed by atoms with Crippen LogP contribution in [-0.2, 0) is 0 Å². The third-order valence-electron chi connectivity index (χ3n) is 4.46. The van der Waals surface area contributed by atoms with Gasteiger partial charge in [0.2, 0.25) is 0 Å². The van der Waals surface area contributed by atoms with E-state index in [1.54, 1.807) is 6.08 Å². The van der Waals surface area contributed by atoms with Crippen molar-refractivity contribution in [2.75, 3.05) is 6.61 Å². The summed E-state index contributed by atoms with van der Waals surface area (Å²) in [4.78, 5) is 0. The van der Waals surface area contributed by atoms with Gasteiger partial charge in [-0.3, -0.25) is 0 Å². The topological polar surface area (TPSA) is 20.2 Å². The largest absolute Gasteiger partial charge is 0.392 e. The highest BCUT2D eigenvalue weighted by Gasteiger charge is 1.93. The zero-order valence-corrected chi connectivity index (χ0v) is 15.8. The van der Waals surface area contributed by atoms with Gasteiger partial charge in [0.15, 0.2) is 0 Å². The van der Waals surface area contributed by atoms with Gasteiger partial charge in [-0.1, -0.05) is 121 Å². The van der Waals surface area contributed by atoms with Crippen LogP contribution in [0.15, 0.2) is 24.3 Å². The molecule has 0 radical (unpaired) electrons. The SMILES string of the molecule is CCCCCCCCCCCCCCCCCC=CC=CCO. The molecule has 0 saturated heterocycles. The van der Waals surface area contributed by atoms with Gasteiger partial charge in [-0.15, -0.1) is 0 Å². The van der Waals surface area contributed by atoms with Gasteiger partial charge in [-0.05, 0) is 12.8 Å². The van der Waals surface area contributed by atoms with Gasteiger partial charge >= 0.3 is 0 Å². The summed E-state index contributed by atoms with van der Waals surface area (Å²) in [5.41, 5.74) is 0. The van der Waals surface area contributed by atoms with Crippen molar-refractivity contribution in [3.05, 3.63) is 24.3 Å². The van der Waals surface area contributed by atoms with E-state index >= 15 is 0 Å². The van der Waals surface area contributed by atoms with Crippen molar-refractivity contribution in [3.8, 4) is 0 Å². The van der Waals surface area contributed by atoms with Crippen molar-refractivity contribution in [2.45, 2.75) is 110 Å². The minimum absolute atomic E-state index is 0.142. The molecule has 0 spiro atoms. The lowest BCUT2D eigenvalue weighted by Gasteiger charge is -2.03. The van der Waals surface area contributed by atoms with E-state index in [-0.39, 0.29) is 6.61 Å². The average Bonchev–Trinajstić information content (AvgIpc) is 2.57. The molecular weight excluding hydrogens is 280 g/mol. The minimum atomic E-state index is 0.142. The predicted octanol–water partition coefficient (Wildman–Crippen LogP) is 7.35. The molecule has 0 bridgehead atoms. The summed E-state index contributed by atoms with van der Waals surface area (Å²) in [7, 11) is 0. The maximum Gasteiger partial charge on any atom is 0.0615 e. The maximum atomic E-state index is 8.59. The third kappa shape index (κ3) is 21.4. The zero-order chi connectivity index (χ0) is 16.8. The number of rotatable bonds is 18. The molecular formula is C22H42O. The van der Waals surface area contributed by atoms with E-state index in [2.05, 4.69) is 13.0 Å². The van der Waals surface area contributed by atoms with E-state index in [9.17, 15) is 0 Å². The van der Waals surface area contributed by atoms with E-state index < -0.39 is 0 Å². The summed E-state index contributed by atoms with van der Waals surface area (Å²) in [6.07, 6.45) is 30.5. The van der Waals surface area contributed by atoms with Gasteiger partial charge in [-0.25, -0.2) is 0 Å². The van der Waals surface area contributed by atoms with E-state index in [1.807, 2.05) is 12.2 Å². The smallest absolute Gasteiger partial charge is 0.0615 e. The molecule has 0 aliphatic rings. The van der Waals surface area contributed by atoms with Gasteiger partial charge in [0, 0.05) is 0 Å². The Bertz CT molecular complexity index is 255. The molecule has 0 unspecified atom stereocenters. The maximum absolute atomic E-state index is 8.59. The van der Waals surface area contributed by atoms with Crippen LogP contribution in [0.2, 0.25) is 0 Å². The second-order valence-corrected chi connectivity index (χ2v) is 6.78. The normalized spacial score (nSPS) is 11.9. The van der Waals surface area contributed by atoms with Crippen molar-refractivity contribution in [3.63, 3.8) is 0 Å². The molecule has 0 saturated carbocycles. The number of hydrogen-bond acceptors (Lipinski definition) is 1. The van der Waals surface area contributed by atoms with Crippen LogP contribution in [0.25, 0.3) is 0 Å². The lowest BCUT2D eigenvalue weighted by atomic mass is 10.0. The third-order valence-corrected chi connectivity index (χ3v) is 4.46. The first-order valence-electron chi connectivity index (χ1n) is 10.3. The van der Waals surface area contributed by atoms with Crippen LogP contribution in [0.5, 0.6) is 0 Å². The molecule has 0 aliphatic heterocycles. The quantitative estimate of drug-likeness (QED) is 0.206. The van der Waals surface area contributed by atoms with Crippen LogP contribution in [0, 0.1) is 0 Å². The molecule has 0 aliphatic carbocycles. The Morgan fingerprint density at radius 1 is 0.522 bits per heavy atom. The van der Waals surface area contributed by atoms with Crippen LogP contribution in [0.4, 0.5) is 0 Å². The van der Waals surface area contributed by atoms with Crippen molar-refractivity contribution < 1.29 is 5.11 Å². The fourth-order valence-electron chi connectivity index (χ4n) is 2.95. The highest BCUT2D eigenvalue weighted by atomic mass is 16.2. The van der Waals surface area contributed by atoms with Gasteiger partial charge < -0.3 is 5.11 Å². The molecule has 1 N–H and O–H groups in total. The molecule has 0 aromatic heterocycles. The van der Waals surface area contributed by atoms with E-state index in [4.69, 9.17) is 5.11 Å². The number of hydrogen-bond donors (Lipinski definition) is 1. The van der Waals surface area contributed by atoms with E-state index in [1.165, 1.54) is 103 Å². The van der Waals surface area contributed by atoms with Gasteiger partial charge in [-0.2, -0.15) is 0 Å². The van der Waals surface area contributed by atoms with Crippen molar-refractivity contribution >= 4 is 0 Å². The Balaban J connectivity index is 3.02. The Hall–Kier alpha value is -0.560.